The number of anilines is 1. The molecule has 2 heterocycles. The second-order valence-electron chi connectivity index (χ2n) is 6.90. The van der Waals surface area contributed by atoms with Gasteiger partial charge in [-0.05, 0) is 22.5 Å². The minimum absolute atomic E-state index is 0.114. The van der Waals surface area contributed by atoms with Gasteiger partial charge in [-0.15, -0.1) is 6.58 Å². The molecule has 2 unspecified atom stereocenters. The largest absolute Gasteiger partial charge is 0.360 e. The van der Waals surface area contributed by atoms with Crippen LogP contribution in [0.25, 0.3) is 5.57 Å². The van der Waals surface area contributed by atoms with Crippen LogP contribution in [0.15, 0.2) is 61.7 Å². The molecule has 0 aromatic heterocycles. The Morgan fingerprint density at radius 3 is 2.38 bits per heavy atom. The lowest BCUT2D eigenvalue weighted by atomic mass is 9.66. The van der Waals surface area contributed by atoms with E-state index >= 15 is 0 Å². The molecule has 0 fully saturated rings. The van der Waals surface area contributed by atoms with E-state index in [1.54, 1.807) is 0 Å². The number of nitrogens with zero attached hydrogens (tertiary/aromatic N) is 1. The van der Waals surface area contributed by atoms with Crippen LogP contribution in [0.4, 0.5) is 5.69 Å². The Bertz CT molecular complexity index is 675. The van der Waals surface area contributed by atoms with Gasteiger partial charge in [-0.25, -0.2) is 0 Å². The van der Waals surface area contributed by atoms with E-state index in [0.29, 0.717) is 12.0 Å². The van der Waals surface area contributed by atoms with E-state index in [-0.39, 0.29) is 5.41 Å². The molecule has 1 aromatic carbocycles. The average molecular weight is 352 g/mol. The molecule has 0 saturated carbocycles. The third-order valence-electron chi connectivity index (χ3n) is 5.46. The van der Waals surface area contributed by atoms with Crippen LogP contribution in [-0.4, -0.2) is 12.6 Å². The molecule has 1 heteroatoms. The average Bonchev–Trinajstić information content (AvgIpc) is 2.75. The molecule has 1 aromatic rings. The van der Waals surface area contributed by atoms with Gasteiger partial charge in [0.1, 0.15) is 0 Å². The first-order chi connectivity index (χ1) is 12.5. The van der Waals surface area contributed by atoms with E-state index in [2.05, 4.69) is 87.4 Å². The van der Waals surface area contributed by atoms with E-state index in [1.165, 1.54) is 16.8 Å². The van der Waals surface area contributed by atoms with Crippen LogP contribution in [0, 0.1) is 5.92 Å². The molecule has 0 N–H and O–H groups in total. The van der Waals surface area contributed by atoms with Gasteiger partial charge in [-0.2, -0.15) is 0 Å². The molecule has 2 atom stereocenters. The molecule has 2 aliphatic heterocycles. The summed E-state index contributed by atoms with van der Waals surface area (Å²) in [6.07, 6.45) is 10.6. The first-order valence-electron chi connectivity index (χ1n) is 10.0. The van der Waals surface area contributed by atoms with Gasteiger partial charge in [-0.3, -0.25) is 0 Å². The monoisotopic (exact) mass is 351 g/mol. The van der Waals surface area contributed by atoms with E-state index in [0.717, 1.165) is 12.1 Å². The lowest BCUT2D eigenvalue weighted by molar-refractivity contribution is 0.292. The van der Waals surface area contributed by atoms with Crippen LogP contribution in [0.5, 0.6) is 0 Å². The zero-order valence-corrected chi connectivity index (χ0v) is 17.8. The van der Waals surface area contributed by atoms with Crippen LogP contribution in [-0.2, 0) is 5.41 Å². The third kappa shape index (κ3) is 3.87. The summed E-state index contributed by atoms with van der Waals surface area (Å²) < 4.78 is 0. The number of hydrogen-bond acceptors (Lipinski definition) is 1. The van der Waals surface area contributed by atoms with Crippen molar-refractivity contribution in [2.75, 3.05) is 11.4 Å². The predicted octanol–water partition coefficient (Wildman–Crippen LogP) is 7.17. The van der Waals surface area contributed by atoms with Gasteiger partial charge in [0.15, 0.2) is 0 Å². The maximum atomic E-state index is 4.28. The first-order valence-corrected chi connectivity index (χ1v) is 10.0. The Balaban J connectivity index is 0.000000791. The second-order valence-corrected chi connectivity index (χ2v) is 6.90. The number of para-hydroxylation sites is 1. The summed E-state index contributed by atoms with van der Waals surface area (Å²) >= 11 is 0. The lowest BCUT2D eigenvalue weighted by Crippen LogP contribution is -2.51. The normalized spacial score (nSPS) is 24.9. The molecular weight excluding hydrogens is 314 g/mol. The molecule has 1 nitrogen and oxygen atoms in total. The maximum absolute atomic E-state index is 4.28. The minimum Gasteiger partial charge on any atom is -0.360 e. The molecule has 0 bridgehead atoms. The van der Waals surface area contributed by atoms with Crippen LogP contribution in [0.1, 0.15) is 59.6 Å². The fourth-order valence-corrected chi connectivity index (χ4v) is 3.78. The van der Waals surface area contributed by atoms with Gasteiger partial charge in [0, 0.05) is 17.8 Å². The highest BCUT2D eigenvalue weighted by molar-refractivity contribution is 5.85. The molecular formula is C25H37N. The van der Waals surface area contributed by atoms with Crippen molar-refractivity contribution in [3.8, 4) is 0 Å². The molecule has 2 aliphatic rings. The highest BCUT2D eigenvalue weighted by Crippen LogP contribution is 2.49. The second kappa shape index (κ2) is 9.62. The summed E-state index contributed by atoms with van der Waals surface area (Å²) in [5.41, 5.74) is 5.17. The minimum atomic E-state index is 0.114. The molecule has 26 heavy (non-hydrogen) atoms. The highest BCUT2D eigenvalue weighted by Gasteiger charge is 2.43. The van der Waals surface area contributed by atoms with Crippen molar-refractivity contribution in [3.05, 3.63) is 72.9 Å². The fraction of sp³-hybridized carbons (Fsp3) is 0.440. The van der Waals surface area contributed by atoms with Crippen molar-refractivity contribution in [3.63, 3.8) is 0 Å². The zero-order chi connectivity index (χ0) is 19.9. The topological polar surface area (TPSA) is 3.24 Å². The molecule has 0 amide bonds. The van der Waals surface area contributed by atoms with Gasteiger partial charge in [0.05, 0.1) is 6.04 Å². The van der Waals surface area contributed by atoms with Crippen molar-refractivity contribution >= 4 is 11.3 Å². The smallest absolute Gasteiger partial charge is 0.0508 e. The van der Waals surface area contributed by atoms with Gasteiger partial charge < -0.3 is 4.90 Å². The van der Waals surface area contributed by atoms with Crippen LogP contribution < -0.4 is 4.90 Å². The fourth-order valence-electron chi connectivity index (χ4n) is 3.78. The highest BCUT2D eigenvalue weighted by atomic mass is 15.2. The Labute approximate surface area is 161 Å². The molecule has 0 radical (unpaired) electrons. The van der Waals surface area contributed by atoms with Crippen molar-refractivity contribution in [1.82, 2.24) is 0 Å². The van der Waals surface area contributed by atoms with Crippen molar-refractivity contribution in [2.45, 2.75) is 59.9 Å². The summed E-state index contributed by atoms with van der Waals surface area (Å²) in [7, 11) is 0. The number of rotatable bonds is 1. The van der Waals surface area contributed by atoms with E-state index < -0.39 is 0 Å². The Kier molecular flexibility index (Phi) is 8.14. The van der Waals surface area contributed by atoms with Gasteiger partial charge >= 0.3 is 0 Å². The van der Waals surface area contributed by atoms with E-state index in [9.17, 15) is 0 Å². The maximum Gasteiger partial charge on any atom is 0.0508 e. The van der Waals surface area contributed by atoms with Crippen molar-refractivity contribution in [1.29, 1.82) is 0 Å². The number of allylic oxidation sites excluding steroid dienone is 4. The van der Waals surface area contributed by atoms with Gasteiger partial charge in [-0.1, -0.05) is 104 Å². The van der Waals surface area contributed by atoms with Crippen molar-refractivity contribution < 1.29 is 0 Å². The quantitative estimate of drug-likeness (QED) is 0.485. The number of hydrogen-bond donors (Lipinski definition) is 0. The Morgan fingerprint density at radius 1 is 1.12 bits per heavy atom. The SMILES string of the molecule is C=CC1C(C)C(C)(C)c2cccc3c2N1C/C=C\C=C/C3=C.CC.CC. The first kappa shape index (κ1) is 22.0. The van der Waals surface area contributed by atoms with Crippen molar-refractivity contribution in [2.24, 2.45) is 5.92 Å². The van der Waals surface area contributed by atoms with Gasteiger partial charge in [0.25, 0.3) is 0 Å². The lowest BCUT2D eigenvalue weighted by Gasteiger charge is -2.50. The Morgan fingerprint density at radius 2 is 1.77 bits per heavy atom. The Hall–Kier alpha value is -2.02. The third-order valence-corrected chi connectivity index (χ3v) is 5.46. The molecule has 0 aliphatic carbocycles. The van der Waals surface area contributed by atoms with Crippen LogP contribution in [0.2, 0.25) is 0 Å². The molecule has 0 saturated heterocycles. The molecule has 0 spiro atoms. The standard InChI is InChI=1S/C21H25N.2C2H6/c1-6-19-16(3)21(4,5)18-13-10-12-17-15(2)11-8-7-9-14-22(19)20(17)18;2*1-2/h6-13,16,19H,1-2,14H2,3-5H3;2*1-2H3/b9-7-,11-8-;;. The molecule has 142 valence electrons. The number of benzene rings is 1. The van der Waals surface area contributed by atoms with E-state index in [1.807, 2.05) is 27.7 Å². The van der Waals surface area contributed by atoms with Crippen LogP contribution >= 0.6 is 0 Å². The zero-order valence-electron chi connectivity index (χ0n) is 17.8. The predicted molar refractivity (Wildman–Crippen MR) is 120 cm³/mol. The van der Waals surface area contributed by atoms with Crippen LogP contribution in [0.3, 0.4) is 0 Å². The summed E-state index contributed by atoms with van der Waals surface area (Å²) in [6.45, 7) is 24.3. The molecule has 3 rings (SSSR count). The summed E-state index contributed by atoms with van der Waals surface area (Å²) in [6, 6.07) is 6.97. The van der Waals surface area contributed by atoms with Gasteiger partial charge in [0.2, 0.25) is 0 Å². The summed E-state index contributed by atoms with van der Waals surface area (Å²) in [5.74, 6) is 0.503. The summed E-state index contributed by atoms with van der Waals surface area (Å²) in [5, 5.41) is 0. The summed E-state index contributed by atoms with van der Waals surface area (Å²) in [4.78, 5) is 2.49. The van der Waals surface area contributed by atoms with E-state index in [4.69, 9.17) is 0 Å².